The van der Waals surface area contributed by atoms with Crippen molar-refractivity contribution in [2.45, 2.75) is 58.7 Å². The number of primary amides is 1. The van der Waals surface area contributed by atoms with E-state index in [2.05, 4.69) is 10.6 Å². The van der Waals surface area contributed by atoms with Crippen molar-refractivity contribution < 1.29 is 19.5 Å². The number of nitrogens with one attached hydrogen (secondary N) is 2. The fourth-order valence-corrected chi connectivity index (χ4v) is 2.80. The van der Waals surface area contributed by atoms with Gasteiger partial charge in [-0.3, -0.25) is 14.4 Å². The SMILES string of the molecule is CC(C)[C@H](NC(=O)[C@@H](NC(=O)/C=C\C(O)CCc1ccccc1)C(C)C)C(N)=O. The Balaban J connectivity index is 2.61. The molecule has 7 nitrogen and oxygen atoms in total. The zero-order valence-electron chi connectivity index (χ0n) is 17.6. The van der Waals surface area contributed by atoms with Crippen LogP contribution in [0.3, 0.4) is 0 Å². The summed E-state index contributed by atoms with van der Waals surface area (Å²) in [6.45, 7) is 7.13. The van der Waals surface area contributed by atoms with E-state index >= 15 is 0 Å². The van der Waals surface area contributed by atoms with Crippen LogP contribution >= 0.6 is 0 Å². The Hall–Kier alpha value is -2.67. The van der Waals surface area contributed by atoms with Crippen LogP contribution in [0.25, 0.3) is 0 Å². The van der Waals surface area contributed by atoms with Gasteiger partial charge in [0.05, 0.1) is 6.10 Å². The van der Waals surface area contributed by atoms with E-state index < -0.39 is 35.9 Å². The van der Waals surface area contributed by atoms with Crippen molar-refractivity contribution in [2.24, 2.45) is 17.6 Å². The standard InChI is InChI=1S/C22H33N3O4/c1-14(2)19(21(23)28)25-22(29)20(15(3)4)24-18(27)13-12-17(26)11-10-16-8-6-5-7-9-16/h5-9,12-15,17,19-20,26H,10-11H2,1-4H3,(H2,23,28)(H,24,27)(H,25,29)/b13-12-/t17?,19-,20-/m0/s1. The van der Waals surface area contributed by atoms with Gasteiger partial charge >= 0.3 is 0 Å². The minimum absolute atomic E-state index is 0.167. The predicted molar refractivity (Wildman–Crippen MR) is 113 cm³/mol. The lowest BCUT2D eigenvalue weighted by Crippen LogP contribution is -2.56. The Kier molecular flexibility index (Phi) is 10.1. The summed E-state index contributed by atoms with van der Waals surface area (Å²) in [5, 5.41) is 15.3. The summed E-state index contributed by atoms with van der Waals surface area (Å²) in [6, 6.07) is 8.12. The van der Waals surface area contributed by atoms with Crippen LogP contribution in [0.5, 0.6) is 0 Å². The molecule has 1 aromatic rings. The zero-order chi connectivity index (χ0) is 22.0. The molecule has 160 valence electrons. The van der Waals surface area contributed by atoms with Gasteiger partial charge in [-0.25, -0.2) is 0 Å². The van der Waals surface area contributed by atoms with Gasteiger partial charge in [-0.2, -0.15) is 0 Å². The smallest absolute Gasteiger partial charge is 0.244 e. The topological polar surface area (TPSA) is 122 Å². The molecule has 0 radical (unpaired) electrons. The van der Waals surface area contributed by atoms with Crippen LogP contribution in [0.1, 0.15) is 39.7 Å². The van der Waals surface area contributed by atoms with E-state index in [9.17, 15) is 19.5 Å². The summed E-state index contributed by atoms with van der Waals surface area (Å²) in [4.78, 5) is 36.3. The first-order valence-corrected chi connectivity index (χ1v) is 9.92. The monoisotopic (exact) mass is 403 g/mol. The molecule has 0 bridgehead atoms. The highest BCUT2D eigenvalue weighted by molar-refractivity contribution is 5.94. The van der Waals surface area contributed by atoms with Gasteiger partial charge < -0.3 is 21.5 Å². The summed E-state index contributed by atoms with van der Waals surface area (Å²) in [7, 11) is 0. The average molecular weight is 404 g/mol. The quantitative estimate of drug-likeness (QED) is 0.416. The molecule has 0 spiro atoms. The molecule has 0 aromatic heterocycles. The number of hydrogen-bond acceptors (Lipinski definition) is 4. The van der Waals surface area contributed by atoms with Crippen LogP contribution in [0.15, 0.2) is 42.5 Å². The van der Waals surface area contributed by atoms with Crippen LogP contribution in [0.2, 0.25) is 0 Å². The van der Waals surface area contributed by atoms with Gasteiger partial charge in [0.15, 0.2) is 0 Å². The van der Waals surface area contributed by atoms with Crippen molar-refractivity contribution in [3.63, 3.8) is 0 Å². The first kappa shape index (κ1) is 24.4. The van der Waals surface area contributed by atoms with Gasteiger partial charge in [-0.05, 0) is 30.2 Å². The number of aryl methyl sites for hydroxylation is 1. The molecular formula is C22H33N3O4. The second-order valence-electron chi connectivity index (χ2n) is 7.81. The number of aliphatic hydroxyl groups is 1. The van der Waals surface area contributed by atoms with Crippen LogP contribution in [-0.4, -0.2) is 41.0 Å². The van der Waals surface area contributed by atoms with E-state index in [0.717, 1.165) is 5.56 Å². The first-order chi connectivity index (χ1) is 13.6. The molecule has 0 aliphatic heterocycles. The number of carbonyl (C=O) groups excluding carboxylic acids is 3. The fraction of sp³-hybridized carbons (Fsp3) is 0.500. The number of rotatable bonds is 11. The van der Waals surface area contributed by atoms with Crippen molar-refractivity contribution in [1.82, 2.24) is 10.6 Å². The van der Waals surface area contributed by atoms with Crippen LogP contribution in [0.4, 0.5) is 0 Å². The molecule has 1 rings (SSSR count). The molecule has 0 aliphatic rings. The molecule has 29 heavy (non-hydrogen) atoms. The van der Waals surface area contributed by atoms with Crippen molar-refractivity contribution in [2.75, 3.05) is 0 Å². The maximum Gasteiger partial charge on any atom is 0.244 e. The van der Waals surface area contributed by atoms with E-state index in [-0.39, 0.29) is 11.8 Å². The van der Waals surface area contributed by atoms with Crippen molar-refractivity contribution in [3.05, 3.63) is 48.0 Å². The summed E-state index contributed by atoms with van der Waals surface area (Å²) < 4.78 is 0. The molecule has 0 heterocycles. The van der Waals surface area contributed by atoms with Gasteiger partial charge in [0, 0.05) is 6.08 Å². The third-order valence-corrected chi connectivity index (χ3v) is 4.56. The lowest BCUT2D eigenvalue weighted by molar-refractivity contribution is -0.132. The maximum absolute atomic E-state index is 12.5. The second kappa shape index (κ2) is 12.0. The first-order valence-electron chi connectivity index (χ1n) is 9.92. The van der Waals surface area contributed by atoms with Crippen molar-refractivity contribution >= 4 is 17.7 Å². The van der Waals surface area contributed by atoms with E-state index in [4.69, 9.17) is 5.73 Å². The number of carbonyl (C=O) groups is 3. The van der Waals surface area contributed by atoms with Crippen LogP contribution < -0.4 is 16.4 Å². The van der Waals surface area contributed by atoms with Gasteiger partial charge in [0.2, 0.25) is 17.7 Å². The van der Waals surface area contributed by atoms with Gasteiger partial charge in [0.25, 0.3) is 0 Å². The minimum Gasteiger partial charge on any atom is -0.389 e. The summed E-state index contributed by atoms with van der Waals surface area (Å²) in [6.07, 6.45) is 3.04. The number of hydrogen-bond donors (Lipinski definition) is 4. The molecule has 5 N–H and O–H groups in total. The molecule has 0 fully saturated rings. The number of amides is 3. The Labute approximate surface area is 172 Å². The number of nitrogens with two attached hydrogens (primary N) is 1. The minimum atomic E-state index is -0.825. The van der Waals surface area contributed by atoms with Gasteiger partial charge in [-0.15, -0.1) is 0 Å². The number of aliphatic hydroxyl groups excluding tert-OH is 1. The number of benzene rings is 1. The zero-order valence-corrected chi connectivity index (χ0v) is 17.6. The normalized spacial score (nSPS) is 14.6. The highest BCUT2D eigenvalue weighted by atomic mass is 16.3. The molecule has 7 heteroatoms. The van der Waals surface area contributed by atoms with Crippen LogP contribution in [-0.2, 0) is 20.8 Å². The van der Waals surface area contributed by atoms with E-state index in [1.807, 2.05) is 30.3 Å². The molecular weight excluding hydrogens is 370 g/mol. The molecule has 1 aromatic carbocycles. The largest absolute Gasteiger partial charge is 0.389 e. The average Bonchev–Trinajstić information content (AvgIpc) is 2.66. The predicted octanol–water partition coefficient (Wildman–Crippen LogP) is 1.30. The van der Waals surface area contributed by atoms with Gasteiger partial charge in [-0.1, -0.05) is 64.1 Å². The third-order valence-electron chi connectivity index (χ3n) is 4.56. The van der Waals surface area contributed by atoms with Crippen molar-refractivity contribution in [3.8, 4) is 0 Å². The molecule has 0 saturated carbocycles. The fourth-order valence-electron chi connectivity index (χ4n) is 2.80. The van der Waals surface area contributed by atoms with Gasteiger partial charge in [0.1, 0.15) is 12.1 Å². The summed E-state index contributed by atoms with van der Waals surface area (Å²) in [5.74, 6) is -1.94. The lowest BCUT2D eigenvalue weighted by Gasteiger charge is -2.25. The lowest BCUT2D eigenvalue weighted by atomic mass is 10.00. The maximum atomic E-state index is 12.5. The summed E-state index contributed by atoms with van der Waals surface area (Å²) >= 11 is 0. The Morgan fingerprint density at radius 2 is 1.59 bits per heavy atom. The highest BCUT2D eigenvalue weighted by Crippen LogP contribution is 2.08. The molecule has 3 atom stereocenters. The van der Waals surface area contributed by atoms with Crippen molar-refractivity contribution in [1.29, 1.82) is 0 Å². The molecule has 0 aliphatic carbocycles. The Morgan fingerprint density at radius 3 is 2.10 bits per heavy atom. The summed E-state index contributed by atoms with van der Waals surface area (Å²) in [5.41, 5.74) is 6.44. The van der Waals surface area contributed by atoms with E-state index in [1.54, 1.807) is 27.7 Å². The Morgan fingerprint density at radius 1 is 1.00 bits per heavy atom. The Bertz CT molecular complexity index is 701. The molecule has 3 amide bonds. The second-order valence-corrected chi connectivity index (χ2v) is 7.81. The highest BCUT2D eigenvalue weighted by Gasteiger charge is 2.28. The third kappa shape index (κ3) is 8.91. The van der Waals surface area contributed by atoms with E-state index in [0.29, 0.717) is 12.8 Å². The van der Waals surface area contributed by atoms with E-state index in [1.165, 1.54) is 12.2 Å². The van der Waals surface area contributed by atoms with Crippen LogP contribution in [0, 0.1) is 11.8 Å². The molecule has 1 unspecified atom stereocenters. The molecule has 0 saturated heterocycles.